The number of hydrogen-bond donors (Lipinski definition) is 0. The first-order valence-electron chi connectivity index (χ1n) is 6.77. The van der Waals surface area contributed by atoms with Crippen LogP contribution in [0.1, 0.15) is 12.5 Å². The first-order chi connectivity index (χ1) is 9.98. The Morgan fingerprint density at radius 1 is 1.38 bits per heavy atom. The third-order valence-electron chi connectivity index (χ3n) is 3.46. The van der Waals surface area contributed by atoms with Gasteiger partial charge in [0, 0.05) is 6.54 Å². The zero-order valence-electron chi connectivity index (χ0n) is 12.1. The molecule has 0 N–H and O–H groups in total. The van der Waals surface area contributed by atoms with Crippen molar-refractivity contribution in [2.75, 3.05) is 26.8 Å². The first kappa shape index (κ1) is 15.9. The fourth-order valence-electron chi connectivity index (χ4n) is 2.16. The Morgan fingerprint density at radius 2 is 2.05 bits per heavy atom. The van der Waals surface area contributed by atoms with Gasteiger partial charge >= 0.3 is 5.97 Å². The van der Waals surface area contributed by atoms with Crippen molar-refractivity contribution in [2.45, 2.75) is 24.3 Å². The number of carbonyl (C=O) groups excluding carboxylic acids is 1. The van der Waals surface area contributed by atoms with Gasteiger partial charge in [-0.3, -0.25) is 0 Å². The number of nitrogens with zero attached hydrogens (tertiary/aromatic N) is 1. The molecule has 0 spiro atoms. The van der Waals surface area contributed by atoms with Crippen molar-refractivity contribution < 1.29 is 22.7 Å². The van der Waals surface area contributed by atoms with E-state index in [-0.39, 0.29) is 24.6 Å². The average molecular weight is 313 g/mol. The molecule has 1 unspecified atom stereocenters. The van der Waals surface area contributed by atoms with E-state index < -0.39 is 22.1 Å². The highest BCUT2D eigenvalue weighted by Gasteiger charge is 2.34. The van der Waals surface area contributed by atoms with Gasteiger partial charge in [0.1, 0.15) is 0 Å². The van der Waals surface area contributed by atoms with E-state index in [4.69, 9.17) is 4.74 Å². The minimum Gasteiger partial charge on any atom is -0.467 e. The van der Waals surface area contributed by atoms with E-state index in [1.54, 1.807) is 24.3 Å². The van der Waals surface area contributed by atoms with Crippen molar-refractivity contribution in [3.8, 4) is 0 Å². The molecule has 0 aliphatic carbocycles. The number of carbonyl (C=O) groups is 1. The molecule has 1 aromatic carbocycles. The van der Waals surface area contributed by atoms with Gasteiger partial charge in [-0.1, -0.05) is 19.1 Å². The molecule has 21 heavy (non-hydrogen) atoms. The van der Waals surface area contributed by atoms with E-state index in [1.165, 1.54) is 11.4 Å². The summed E-state index contributed by atoms with van der Waals surface area (Å²) in [6.45, 7) is 2.38. The van der Waals surface area contributed by atoms with Gasteiger partial charge in [-0.2, -0.15) is 4.31 Å². The van der Waals surface area contributed by atoms with E-state index in [0.717, 1.165) is 12.0 Å². The summed E-state index contributed by atoms with van der Waals surface area (Å²) < 4.78 is 36.2. The topological polar surface area (TPSA) is 72.9 Å². The van der Waals surface area contributed by atoms with Crippen LogP contribution in [0.4, 0.5) is 0 Å². The molecule has 2 rings (SSSR count). The number of rotatable bonds is 4. The lowest BCUT2D eigenvalue weighted by molar-refractivity contribution is -0.157. The van der Waals surface area contributed by atoms with Crippen LogP contribution in [0, 0.1) is 0 Å². The Labute approximate surface area is 124 Å². The second kappa shape index (κ2) is 6.55. The molecule has 116 valence electrons. The van der Waals surface area contributed by atoms with E-state index in [2.05, 4.69) is 4.74 Å². The molecule has 1 heterocycles. The van der Waals surface area contributed by atoms with Gasteiger partial charge < -0.3 is 9.47 Å². The Morgan fingerprint density at radius 3 is 2.62 bits per heavy atom. The zero-order valence-corrected chi connectivity index (χ0v) is 12.9. The van der Waals surface area contributed by atoms with Crippen molar-refractivity contribution in [2.24, 2.45) is 0 Å². The smallest absolute Gasteiger partial charge is 0.336 e. The van der Waals surface area contributed by atoms with Crippen molar-refractivity contribution in [3.63, 3.8) is 0 Å². The Hall–Kier alpha value is -1.44. The van der Waals surface area contributed by atoms with Crippen LogP contribution in [0.5, 0.6) is 0 Å². The summed E-state index contributed by atoms with van der Waals surface area (Å²) in [5.74, 6) is -0.559. The van der Waals surface area contributed by atoms with E-state index in [1.807, 2.05) is 6.92 Å². The van der Waals surface area contributed by atoms with Crippen LogP contribution in [0.3, 0.4) is 0 Å². The molecule has 1 aliphatic rings. The summed E-state index contributed by atoms with van der Waals surface area (Å²) in [6, 6.07) is 6.78. The van der Waals surface area contributed by atoms with Crippen LogP contribution < -0.4 is 0 Å². The molecule has 0 aromatic heterocycles. The number of benzene rings is 1. The summed E-state index contributed by atoms with van der Waals surface area (Å²) in [4.78, 5) is 11.7. The van der Waals surface area contributed by atoms with Gasteiger partial charge in [0.05, 0.1) is 25.2 Å². The van der Waals surface area contributed by atoms with Gasteiger partial charge in [-0.05, 0) is 24.1 Å². The number of sulfonamides is 1. The number of hydrogen-bond acceptors (Lipinski definition) is 5. The maximum atomic E-state index is 12.6. The summed E-state index contributed by atoms with van der Waals surface area (Å²) in [5.41, 5.74) is 1.07. The van der Waals surface area contributed by atoms with Crippen LogP contribution in [0.15, 0.2) is 29.2 Å². The maximum absolute atomic E-state index is 12.6. The van der Waals surface area contributed by atoms with E-state index >= 15 is 0 Å². The monoisotopic (exact) mass is 313 g/mol. The highest BCUT2D eigenvalue weighted by molar-refractivity contribution is 7.89. The number of methoxy groups -OCH3 is 1. The lowest BCUT2D eigenvalue weighted by atomic mass is 10.2. The number of esters is 1. The summed E-state index contributed by atoms with van der Waals surface area (Å²) in [7, 11) is -2.36. The Balaban J connectivity index is 2.19. The van der Waals surface area contributed by atoms with Crippen molar-refractivity contribution >= 4 is 16.0 Å². The van der Waals surface area contributed by atoms with Crippen LogP contribution in [0.2, 0.25) is 0 Å². The molecular formula is C14H19NO5S. The second-order valence-electron chi connectivity index (χ2n) is 4.74. The molecule has 0 amide bonds. The molecular weight excluding hydrogens is 294 g/mol. The normalized spacial score (nSPS) is 20.2. The maximum Gasteiger partial charge on any atom is 0.336 e. The summed E-state index contributed by atoms with van der Waals surface area (Å²) in [5, 5.41) is 0. The minimum absolute atomic E-state index is 0.0233. The molecule has 1 aliphatic heterocycles. The lowest BCUT2D eigenvalue weighted by Gasteiger charge is -2.30. The first-order valence-corrected chi connectivity index (χ1v) is 8.21. The molecule has 1 saturated heterocycles. The van der Waals surface area contributed by atoms with Crippen LogP contribution >= 0.6 is 0 Å². The van der Waals surface area contributed by atoms with Crippen molar-refractivity contribution in [1.82, 2.24) is 4.31 Å². The zero-order chi connectivity index (χ0) is 15.5. The lowest BCUT2D eigenvalue weighted by Crippen LogP contribution is -2.48. The van der Waals surface area contributed by atoms with Crippen molar-refractivity contribution in [1.29, 1.82) is 0 Å². The van der Waals surface area contributed by atoms with E-state index in [0.29, 0.717) is 0 Å². The fraction of sp³-hybridized carbons (Fsp3) is 0.500. The summed E-state index contributed by atoms with van der Waals surface area (Å²) >= 11 is 0. The third kappa shape index (κ3) is 3.42. The van der Waals surface area contributed by atoms with Gasteiger partial charge in [0.15, 0.2) is 6.10 Å². The molecule has 1 fully saturated rings. The largest absolute Gasteiger partial charge is 0.467 e. The van der Waals surface area contributed by atoms with Gasteiger partial charge in [0.2, 0.25) is 10.0 Å². The van der Waals surface area contributed by atoms with Crippen LogP contribution in [-0.4, -0.2) is 51.6 Å². The Bertz CT molecular complexity index is 596. The highest BCUT2D eigenvalue weighted by Crippen LogP contribution is 2.20. The number of ether oxygens (including phenoxy) is 2. The minimum atomic E-state index is -3.62. The molecule has 7 heteroatoms. The molecule has 0 radical (unpaired) electrons. The van der Waals surface area contributed by atoms with Gasteiger partial charge in [-0.15, -0.1) is 0 Å². The third-order valence-corrected chi connectivity index (χ3v) is 5.34. The number of morpholine rings is 1. The predicted molar refractivity (Wildman–Crippen MR) is 76.3 cm³/mol. The summed E-state index contributed by atoms with van der Waals surface area (Å²) in [6.07, 6.45) is -0.0177. The molecule has 6 nitrogen and oxygen atoms in total. The SMILES string of the molecule is CCc1ccc(S(=O)(=O)N2CCOC(C(=O)OC)C2)cc1. The molecule has 1 atom stereocenters. The average Bonchev–Trinajstić information content (AvgIpc) is 2.54. The number of aryl methyl sites for hydroxylation is 1. The highest BCUT2D eigenvalue weighted by atomic mass is 32.2. The van der Waals surface area contributed by atoms with Gasteiger partial charge in [-0.25, -0.2) is 13.2 Å². The second-order valence-corrected chi connectivity index (χ2v) is 6.68. The van der Waals surface area contributed by atoms with Gasteiger partial charge in [0.25, 0.3) is 0 Å². The predicted octanol–water partition coefficient (Wildman–Crippen LogP) is 0.811. The van der Waals surface area contributed by atoms with Crippen LogP contribution in [0.25, 0.3) is 0 Å². The Kier molecular flexibility index (Phi) is 4.97. The molecule has 0 bridgehead atoms. The van der Waals surface area contributed by atoms with Crippen LogP contribution in [-0.2, 0) is 30.7 Å². The van der Waals surface area contributed by atoms with E-state index in [9.17, 15) is 13.2 Å². The quantitative estimate of drug-likeness (QED) is 0.769. The standard InChI is InChI=1S/C14H19NO5S/c1-3-11-4-6-12(7-5-11)21(17,18)15-8-9-20-13(10-15)14(16)19-2/h4-7,13H,3,8-10H2,1-2H3. The van der Waals surface area contributed by atoms with Crippen molar-refractivity contribution in [3.05, 3.63) is 29.8 Å². The molecule has 1 aromatic rings. The fourth-order valence-corrected chi connectivity index (χ4v) is 3.59. The molecule has 0 saturated carbocycles.